The quantitative estimate of drug-likeness (QED) is 0.154. The summed E-state index contributed by atoms with van der Waals surface area (Å²) in [6.07, 6.45) is 7.81. The second kappa shape index (κ2) is 16.2. The third kappa shape index (κ3) is 8.19. The number of H-pyrrole nitrogens is 1. The Labute approximate surface area is 323 Å². The Balaban J connectivity index is 1.44. The van der Waals surface area contributed by atoms with Crippen molar-refractivity contribution in [2.45, 2.75) is 81.3 Å². The van der Waals surface area contributed by atoms with Crippen LogP contribution in [0.2, 0.25) is 13.1 Å². The number of aromatic amines is 1. The van der Waals surface area contributed by atoms with Gasteiger partial charge in [-0.15, -0.1) is 0 Å². The second-order valence-electron chi connectivity index (χ2n) is 14.8. The molecule has 2 heterocycles. The van der Waals surface area contributed by atoms with Crippen molar-refractivity contribution < 1.29 is 23.7 Å². The maximum absolute atomic E-state index is 13.8. The Hall–Kier alpha value is -3.37. The summed E-state index contributed by atoms with van der Waals surface area (Å²) in [6.45, 7) is 10.6. The van der Waals surface area contributed by atoms with Crippen LogP contribution in [0.5, 0.6) is 0 Å². The average molecular weight is 851 g/mol. The van der Waals surface area contributed by atoms with Gasteiger partial charge in [0.1, 0.15) is 0 Å². The third-order valence-electron chi connectivity index (χ3n) is 10.0. The molecule has 1 aromatic heterocycles. The van der Waals surface area contributed by atoms with Crippen LogP contribution in [0.25, 0.3) is 0 Å². The van der Waals surface area contributed by atoms with E-state index in [2.05, 4.69) is 48.4 Å². The second-order valence-corrected chi connectivity index (χ2v) is 21.2. The Bertz CT molecular complexity index is 1980. The van der Waals surface area contributed by atoms with Crippen molar-refractivity contribution in [3.8, 4) is 0 Å². The molecule has 6 rings (SSSR count). The molecule has 9 nitrogen and oxygen atoms in total. The van der Waals surface area contributed by atoms with Gasteiger partial charge in [-0.1, -0.05) is 12.1 Å². The van der Waals surface area contributed by atoms with Crippen molar-refractivity contribution >= 4 is 36.9 Å². The van der Waals surface area contributed by atoms with Gasteiger partial charge in [-0.2, -0.15) is 0 Å². The zero-order valence-electron chi connectivity index (χ0n) is 31.5. The van der Waals surface area contributed by atoms with Gasteiger partial charge >= 0.3 is 284 Å². The van der Waals surface area contributed by atoms with Gasteiger partial charge < -0.3 is 9.47 Å². The molecule has 0 unspecified atom stereocenters. The normalized spacial score (nSPS) is 21.5. The molecule has 280 valence electrons. The molecule has 2 aliphatic rings. The summed E-state index contributed by atoms with van der Waals surface area (Å²) in [5.74, 6) is -0.879. The summed E-state index contributed by atoms with van der Waals surface area (Å²) in [5, 5.41) is -0.980. The summed E-state index contributed by atoms with van der Waals surface area (Å²) < 4.78 is 36.3. The summed E-state index contributed by atoms with van der Waals surface area (Å²) in [6, 6.07) is 30.4. The van der Waals surface area contributed by atoms with Crippen molar-refractivity contribution in [3.63, 3.8) is 0 Å². The molecule has 0 saturated carbocycles. The molecule has 0 spiro atoms. The molecule has 0 bridgehead atoms. The minimum absolute atomic E-state index is 0.154. The first-order chi connectivity index (χ1) is 25.3. The van der Waals surface area contributed by atoms with Crippen molar-refractivity contribution in [3.05, 3.63) is 153 Å². The van der Waals surface area contributed by atoms with E-state index in [-0.39, 0.29) is 12.2 Å². The summed E-state index contributed by atoms with van der Waals surface area (Å²) in [4.78, 5) is 29.6. The number of rotatable bonds is 13. The van der Waals surface area contributed by atoms with Gasteiger partial charge in [0.25, 0.3) is 0 Å². The van der Waals surface area contributed by atoms with Crippen molar-refractivity contribution in [2.24, 2.45) is 0 Å². The number of hydrogen-bond donors (Lipinski definition) is 1. The molecule has 0 amide bonds. The molecule has 1 aliphatic carbocycles. The zero-order valence-corrected chi connectivity index (χ0v) is 35.0. The molecule has 1 aliphatic heterocycles. The van der Waals surface area contributed by atoms with Crippen LogP contribution in [0.4, 0.5) is 0 Å². The van der Waals surface area contributed by atoms with E-state index in [9.17, 15) is 9.59 Å². The van der Waals surface area contributed by atoms with Crippen LogP contribution < -0.4 is 18.5 Å². The molecule has 3 aromatic carbocycles. The molecular formula is C42H50N2O7SiTe. The van der Waals surface area contributed by atoms with Crippen LogP contribution in [0.3, 0.4) is 0 Å². The number of nitrogens with zero attached hydrogens (tertiary/aromatic N) is 1. The fourth-order valence-corrected chi connectivity index (χ4v) is 11.6. The Kier molecular flexibility index (Phi) is 12.0. The van der Waals surface area contributed by atoms with Crippen LogP contribution in [0, 0.1) is 0 Å². The Morgan fingerprint density at radius 3 is 2.00 bits per heavy atom. The molecule has 11 heteroatoms. The van der Waals surface area contributed by atoms with Gasteiger partial charge in [0.2, 0.25) is 0 Å². The van der Waals surface area contributed by atoms with Gasteiger partial charge in [0, 0.05) is 14.2 Å². The van der Waals surface area contributed by atoms with Gasteiger partial charge in [0.15, 0.2) is 5.79 Å². The minimum atomic E-state index is -1.87. The van der Waals surface area contributed by atoms with Gasteiger partial charge in [-0.25, -0.2) is 0 Å². The van der Waals surface area contributed by atoms with E-state index in [1.165, 1.54) is 0 Å². The summed E-state index contributed by atoms with van der Waals surface area (Å²) >= 11 is -1.07. The van der Waals surface area contributed by atoms with E-state index in [0.717, 1.165) is 20.3 Å². The third-order valence-corrected chi connectivity index (χ3v) is 15.4. The van der Waals surface area contributed by atoms with E-state index in [1.54, 1.807) is 25.0 Å². The fraction of sp³-hybridized carbons (Fsp3) is 0.381. The van der Waals surface area contributed by atoms with Crippen LogP contribution >= 0.6 is 0 Å². The van der Waals surface area contributed by atoms with E-state index in [1.807, 2.05) is 99.7 Å². The molecule has 1 fully saturated rings. The maximum atomic E-state index is 13.8. The summed E-state index contributed by atoms with van der Waals surface area (Å²) in [7, 11) is 1.41. The van der Waals surface area contributed by atoms with E-state index in [4.69, 9.17) is 23.7 Å². The first-order valence-electron chi connectivity index (χ1n) is 18.0. The zero-order chi connectivity index (χ0) is 37.9. The molecule has 1 saturated heterocycles. The molecule has 4 aromatic rings. The van der Waals surface area contributed by atoms with Crippen molar-refractivity contribution in [1.82, 2.24) is 9.55 Å². The Morgan fingerprint density at radius 1 is 0.906 bits per heavy atom. The fourth-order valence-electron chi connectivity index (χ4n) is 7.30. The topological polar surface area (TPSA) is 101 Å². The summed E-state index contributed by atoms with van der Waals surface area (Å²) in [5.41, 5.74) is 0.481. The molecule has 53 heavy (non-hydrogen) atoms. The monoisotopic (exact) mass is 852 g/mol. The first kappa shape index (κ1) is 39.3. The SMILES string of the molecule is COC1(OC)C=CC(C(OC[C@H]2O[C@](n3cc([Te]c4ccccc4)c(=O)[nH]c3=O)([SiH](C)C)C[C@@H]2OC(C)(C)C)(c2ccccc2)c2ccccc2)=CC1. The van der Waals surface area contributed by atoms with Crippen LogP contribution in [0.15, 0.2) is 131 Å². The molecular weight excluding hydrogens is 800 g/mol. The number of benzene rings is 3. The molecule has 0 radical (unpaired) electrons. The number of methoxy groups -OCH3 is 2. The number of nitrogens with one attached hydrogen (secondary N) is 1. The van der Waals surface area contributed by atoms with E-state index in [0.29, 0.717) is 16.5 Å². The predicted octanol–water partition coefficient (Wildman–Crippen LogP) is 4.68. The van der Waals surface area contributed by atoms with E-state index >= 15 is 0 Å². The van der Waals surface area contributed by atoms with Crippen LogP contribution in [-0.4, -0.2) is 83.7 Å². The first-order valence-corrected chi connectivity index (χ1v) is 23.3. The van der Waals surface area contributed by atoms with Crippen LogP contribution in [0.1, 0.15) is 44.7 Å². The predicted molar refractivity (Wildman–Crippen MR) is 212 cm³/mol. The van der Waals surface area contributed by atoms with Crippen LogP contribution in [-0.2, 0) is 34.6 Å². The molecule has 3 atom stereocenters. The number of ether oxygens (including phenoxy) is 5. The molecule has 1 N–H and O–H groups in total. The van der Waals surface area contributed by atoms with Crippen molar-refractivity contribution in [1.29, 1.82) is 0 Å². The Morgan fingerprint density at radius 2 is 1.49 bits per heavy atom. The van der Waals surface area contributed by atoms with Crippen molar-refractivity contribution in [2.75, 3.05) is 20.8 Å². The average Bonchev–Trinajstić information content (AvgIpc) is 3.52. The van der Waals surface area contributed by atoms with E-state index < -0.39 is 70.0 Å². The number of hydrogen-bond acceptors (Lipinski definition) is 7. The van der Waals surface area contributed by atoms with Gasteiger partial charge in [-0.3, -0.25) is 0 Å². The standard InChI is InChI=1S/C42H50N2O7SiTe/c1-39(2,3)50-34-27-41(52(6)7,44-28-36(37(45)43-38(44)46)53-33-21-15-10-16-22-33)51-35(34)29-49-42(30-17-11-8-12-18-30,31-19-13-9-14-20-31)32-23-25-40(47-4,48-5)26-24-32/h8-25,28,34-35,52H,26-27,29H2,1-7H3,(H,43,45,46)/t34-,35+,41-/m0/s1. The van der Waals surface area contributed by atoms with Gasteiger partial charge in [0.05, 0.1) is 0 Å². The number of aromatic nitrogens is 2. The van der Waals surface area contributed by atoms with Gasteiger partial charge in [-0.05, 0) is 0 Å².